The number of rotatable bonds is 3. The van der Waals surface area contributed by atoms with Crippen LogP contribution in [0.4, 0.5) is 0 Å². The zero-order valence-electron chi connectivity index (χ0n) is 11.7. The molecule has 0 saturated carbocycles. The largest absolute Gasteiger partial charge is 0.496 e. The molecule has 1 heterocycles. The fraction of sp³-hybridized carbons (Fsp3) is 0.533. The van der Waals surface area contributed by atoms with Crippen molar-refractivity contribution in [3.05, 3.63) is 28.2 Å². The van der Waals surface area contributed by atoms with E-state index >= 15 is 0 Å². The number of alkyl halides is 1. The first-order valence-corrected chi connectivity index (χ1v) is 8.02. The van der Waals surface area contributed by atoms with Gasteiger partial charge in [0.1, 0.15) is 5.75 Å². The Bertz CT molecular complexity index is 485. The predicted molar refractivity (Wildman–Crippen MR) is 84.6 cm³/mol. The van der Waals surface area contributed by atoms with E-state index in [4.69, 9.17) is 16.3 Å². The topological polar surface area (TPSA) is 29.5 Å². The monoisotopic (exact) mass is 359 g/mol. The van der Waals surface area contributed by atoms with Gasteiger partial charge >= 0.3 is 0 Å². The average Bonchev–Trinajstić information content (AvgIpc) is 2.46. The van der Waals surface area contributed by atoms with Crippen LogP contribution in [0.1, 0.15) is 30.1 Å². The highest BCUT2D eigenvalue weighted by molar-refractivity contribution is 9.10. The first kappa shape index (κ1) is 15.6. The van der Waals surface area contributed by atoms with Gasteiger partial charge in [-0.3, -0.25) is 4.79 Å². The van der Waals surface area contributed by atoms with Gasteiger partial charge in [-0.05, 0) is 43.9 Å². The van der Waals surface area contributed by atoms with Gasteiger partial charge in [0.2, 0.25) is 0 Å². The quantitative estimate of drug-likeness (QED) is 0.764. The highest BCUT2D eigenvalue weighted by Gasteiger charge is 2.27. The van der Waals surface area contributed by atoms with Crippen molar-refractivity contribution in [2.24, 2.45) is 5.92 Å². The molecule has 5 heteroatoms. The molecule has 20 heavy (non-hydrogen) atoms. The number of nitrogens with zero attached hydrogens (tertiary/aromatic N) is 1. The van der Waals surface area contributed by atoms with Crippen LogP contribution in [0.15, 0.2) is 22.7 Å². The lowest BCUT2D eigenvalue weighted by Crippen LogP contribution is -2.40. The van der Waals surface area contributed by atoms with Crippen molar-refractivity contribution in [2.75, 3.05) is 20.2 Å². The summed E-state index contributed by atoms with van der Waals surface area (Å²) in [5.41, 5.74) is 0.619. The molecule has 1 unspecified atom stereocenters. The maximum absolute atomic E-state index is 12.6. The molecule has 1 fully saturated rings. The van der Waals surface area contributed by atoms with E-state index in [1.807, 2.05) is 30.0 Å². The summed E-state index contributed by atoms with van der Waals surface area (Å²) in [7, 11) is 1.58. The smallest absolute Gasteiger partial charge is 0.257 e. The predicted octanol–water partition coefficient (Wildman–Crippen LogP) is 3.94. The number of amides is 1. The summed E-state index contributed by atoms with van der Waals surface area (Å²) in [5, 5.41) is 0.175. The number of carbonyl (C=O) groups is 1. The second kappa shape index (κ2) is 6.81. The number of methoxy groups -OCH3 is 1. The van der Waals surface area contributed by atoms with Gasteiger partial charge in [0.15, 0.2) is 0 Å². The molecule has 1 aliphatic rings. The van der Waals surface area contributed by atoms with Gasteiger partial charge in [0, 0.05) is 22.9 Å². The standard InChI is InChI=1S/C15H19BrClNO2/c1-10(17)11-5-7-18(8-6-11)15(19)13-4-3-12(16)9-14(13)20-2/h3-4,9-11H,5-8H2,1-2H3. The van der Waals surface area contributed by atoms with Gasteiger partial charge in [0.05, 0.1) is 12.7 Å². The molecule has 1 aromatic rings. The molecule has 1 atom stereocenters. The van der Waals surface area contributed by atoms with Crippen molar-refractivity contribution in [1.82, 2.24) is 4.90 Å². The lowest BCUT2D eigenvalue weighted by molar-refractivity contribution is 0.0686. The molecule has 0 N–H and O–H groups in total. The normalized spacial score (nSPS) is 17.9. The molecule has 1 amide bonds. The number of likely N-dealkylation sites (tertiary alicyclic amines) is 1. The fourth-order valence-electron chi connectivity index (χ4n) is 2.57. The second-order valence-electron chi connectivity index (χ2n) is 5.15. The van der Waals surface area contributed by atoms with Crippen molar-refractivity contribution in [2.45, 2.75) is 25.1 Å². The number of halogens is 2. The third-order valence-corrected chi connectivity index (χ3v) is 4.72. The molecule has 0 aliphatic carbocycles. The minimum Gasteiger partial charge on any atom is -0.496 e. The summed E-state index contributed by atoms with van der Waals surface area (Å²) in [6.07, 6.45) is 1.94. The number of hydrogen-bond donors (Lipinski definition) is 0. The van der Waals surface area contributed by atoms with Crippen LogP contribution in [-0.4, -0.2) is 36.4 Å². The van der Waals surface area contributed by atoms with Gasteiger partial charge in [-0.2, -0.15) is 0 Å². The number of carbonyl (C=O) groups excluding carboxylic acids is 1. The van der Waals surface area contributed by atoms with E-state index in [1.165, 1.54) is 0 Å². The third-order valence-electron chi connectivity index (χ3n) is 3.87. The third kappa shape index (κ3) is 3.47. The number of ether oxygens (including phenoxy) is 1. The van der Waals surface area contributed by atoms with Gasteiger partial charge in [-0.1, -0.05) is 15.9 Å². The molecular weight excluding hydrogens is 342 g/mol. The number of benzene rings is 1. The van der Waals surface area contributed by atoms with E-state index in [9.17, 15) is 4.79 Å². The lowest BCUT2D eigenvalue weighted by atomic mass is 9.93. The van der Waals surface area contributed by atoms with Crippen molar-refractivity contribution >= 4 is 33.4 Å². The molecule has 110 valence electrons. The molecule has 1 saturated heterocycles. The SMILES string of the molecule is COc1cc(Br)ccc1C(=O)N1CCC(C(C)Cl)CC1. The first-order chi connectivity index (χ1) is 9.52. The summed E-state index contributed by atoms with van der Waals surface area (Å²) in [6, 6.07) is 5.49. The van der Waals surface area contributed by atoms with Crippen LogP contribution < -0.4 is 4.74 Å². The van der Waals surface area contributed by atoms with E-state index in [-0.39, 0.29) is 11.3 Å². The minimum absolute atomic E-state index is 0.0371. The van der Waals surface area contributed by atoms with Crippen LogP contribution >= 0.6 is 27.5 Å². The van der Waals surface area contributed by atoms with E-state index in [2.05, 4.69) is 15.9 Å². The van der Waals surface area contributed by atoms with Gasteiger partial charge in [0.25, 0.3) is 5.91 Å². The van der Waals surface area contributed by atoms with Crippen LogP contribution in [0.2, 0.25) is 0 Å². The Hall–Kier alpha value is -0.740. The van der Waals surface area contributed by atoms with Crippen LogP contribution in [0.25, 0.3) is 0 Å². The van der Waals surface area contributed by atoms with Crippen molar-refractivity contribution < 1.29 is 9.53 Å². The molecule has 2 rings (SSSR count). The van der Waals surface area contributed by atoms with Gasteiger partial charge in [-0.15, -0.1) is 11.6 Å². The Labute approximate surface area is 133 Å². The molecule has 3 nitrogen and oxygen atoms in total. The molecular formula is C15H19BrClNO2. The van der Waals surface area contributed by atoms with E-state index in [1.54, 1.807) is 7.11 Å². The number of piperidine rings is 1. The first-order valence-electron chi connectivity index (χ1n) is 6.79. The maximum atomic E-state index is 12.6. The highest BCUT2D eigenvalue weighted by Crippen LogP contribution is 2.28. The lowest BCUT2D eigenvalue weighted by Gasteiger charge is -2.33. The maximum Gasteiger partial charge on any atom is 0.257 e. The van der Waals surface area contributed by atoms with Crippen LogP contribution in [0, 0.1) is 5.92 Å². The summed E-state index contributed by atoms with van der Waals surface area (Å²) in [6.45, 7) is 3.56. The van der Waals surface area contributed by atoms with E-state index < -0.39 is 0 Å². The van der Waals surface area contributed by atoms with Gasteiger partial charge in [-0.25, -0.2) is 0 Å². The van der Waals surface area contributed by atoms with E-state index in [0.29, 0.717) is 17.2 Å². The molecule has 0 radical (unpaired) electrons. The van der Waals surface area contributed by atoms with E-state index in [0.717, 1.165) is 30.4 Å². The Kier molecular flexibility index (Phi) is 5.33. The van der Waals surface area contributed by atoms with Crippen LogP contribution in [0.5, 0.6) is 5.75 Å². The summed E-state index contributed by atoms with van der Waals surface area (Å²) in [5.74, 6) is 1.15. The van der Waals surface area contributed by atoms with Crippen LogP contribution in [-0.2, 0) is 0 Å². The highest BCUT2D eigenvalue weighted by atomic mass is 79.9. The molecule has 0 aromatic heterocycles. The fourth-order valence-corrected chi connectivity index (χ4v) is 3.17. The average molecular weight is 361 g/mol. The summed E-state index contributed by atoms with van der Waals surface area (Å²) < 4.78 is 6.20. The molecule has 0 spiro atoms. The summed E-state index contributed by atoms with van der Waals surface area (Å²) >= 11 is 9.52. The molecule has 1 aromatic carbocycles. The Morgan fingerprint density at radius 3 is 2.65 bits per heavy atom. The van der Waals surface area contributed by atoms with Crippen molar-refractivity contribution in [3.63, 3.8) is 0 Å². The van der Waals surface area contributed by atoms with Crippen molar-refractivity contribution in [3.8, 4) is 5.75 Å². The second-order valence-corrected chi connectivity index (χ2v) is 6.76. The minimum atomic E-state index is 0.0371. The Morgan fingerprint density at radius 1 is 1.45 bits per heavy atom. The molecule has 1 aliphatic heterocycles. The zero-order valence-corrected chi connectivity index (χ0v) is 14.1. The zero-order chi connectivity index (χ0) is 14.7. The van der Waals surface area contributed by atoms with Gasteiger partial charge < -0.3 is 9.64 Å². The Morgan fingerprint density at radius 2 is 2.10 bits per heavy atom. The molecule has 0 bridgehead atoms. The van der Waals surface area contributed by atoms with Crippen molar-refractivity contribution in [1.29, 1.82) is 0 Å². The van der Waals surface area contributed by atoms with Crippen LogP contribution in [0.3, 0.4) is 0 Å². The Balaban J connectivity index is 2.09. The number of hydrogen-bond acceptors (Lipinski definition) is 2. The summed E-state index contributed by atoms with van der Waals surface area (Å²) in [4.78, 5) is 14.5.